The first kappa shape index (κ1) is 20.8. The number of nitro benzene ring substituents is 1. The monoisotopic (exact) mass is 405 g/mol. The molecule has 0 aliphatic carbocycles. The molecule has 0 atom stereocenters. The van der Waals surface area contributed by atoms with E-state index in [0.29, 0.717) is 5.56 Å². The third-order valence-corrected chi connectivity index (χ3v) is 3.70. The van der Waals surface area contributed by atoms with E-state index in [-0.39, 0.29) is 16.4 Å². The molecule has 2 N–H and O–H groups in total. The normalized spacial score (nSPS) is 10.1. The van der Waals surface area contributed by atoms with E-state index in [2.05, 4.69) is 10.6 Å². The van der Waals surface area contributed by atoms with Gasteiger partial charge in [-0.15, -0.1) is 0 Å². The summed E-state index contributed by atoms with van der Waals surface area (Å²) in [5.41, 5.74) is 0.807. The van der Waals surface area contributed by atoms with Gasteiger partial charge in [0.05, 0.1) is 4.92 Å². The standard InChI is InChI=1S/C18H16ClN3O6/c1-11-3-2-4-12(7-11)18(25)20-9-17(24)28-10-16(23)21-14-8-13(19)5-6-15(14)22(26)27/h2-8H,9-10H2,1H3,(H,20,25)(H,21,23). The summed E-state index contributed by atoms with van der Waals surface area (Å²) in [7, 11) is 0. The van der Waals surface area contributed by atoms with E-state index in [1.165, 1.54) is 12.1 Å². The Hall–Kier alpha value is -3.46. The first-order chi connectivity index (χ1) is 13.3. The number of halogens is 1. The number of hydrogen-bond acceptors (Lipinski definition) is 6. The lowest BCUT2D eigenvalue weighted by molar-refractivity contribution is -0.383. The van der Waals surface area contributed by atoms with Gasteiger partial charge in [0.25, 0.3) is 17.5 Å². The Morgan fingerprint density at radius 1 is 1.18 bits per heavy atom. The molecule has 0 aliphatic rings. The molecule has 0 unspecified atom stereocenters. The predicted octanol–water partition coefficient (Wildman–Crippen LogP) is 2.47. The van der Waals surface area contributed by atoms with Crippen molar-refractivity contribution in [2.45, 2.75) is 6.92 Å². The molecule has 28 heavy (non-hydrogen) atoms. The molecule has 2 amide bonds. The average molecular weight is 406 g/mol. The maximum Gasteiger partial charge on any atom is 0.325 e. The first-order valence-corrected chi connectivity index (χ1v) is 8.38. The molecule has 146 valence electrons. The molecule has 0 saturated carbocycles. The quantitative estimate of drug-likeness (QED) is 0.413. The van der Waals surface area contributed by atoms with Crippen LogP contribution in [0.2, 0.25) is 5.02 Å². The van der Waals surface area contributed by atoms with Crippen molar-refractivity contribution < 1.29 is 24.0 Å². The van der Waals surface area contributed by atoms with Crippen molar-refractivity contribution >= 4 is 40.8 Å². The highest BCUT2D eigenvalue weighted by Gasteiger charge is 2.17. The van der Waals surface area contributed by atoms with Crippen LogP contribution in [0.1, 0.15) is 15.9 Å². The molecule has 0 heterocycles. The molecule has 0 radical (unpaired) electrons. The zero-order chi connectivity index (χ0) is 20.7. The first-order valence-electron chi connectivity index (χ1n) is 8.00. The second kappa shape index (κ2) is 9.47. The second-order valence-electron chi connectivity index (χ2n) is 5.68. The van der Waals surface area contributed by atoms with Crippen molar-refractivity contribution in [3.63, 3.8) is 0 Å². The minimum Gasteiger partial charge on any atom is -0.454 e. The summed E-state index contributed by atoms with van der Waals surface area (Å²) in [5.74, 6) is -2.08. The number of carbonyl (C=O) groups excluding carboxylic acids is 3. The van der Waals surface area contributed by atoms with Gasteiger partial charge in [-0.2, -0.15) is 0 Å². The number of amides is 2. The largest absolute Gasteiger partial charge is 0.454 e. The number of benzene rings is 2. The van der Waals surface area contributed by atoms with Crippen LogP contribution < -0.4 is 10.6 Å². The van der Waals surface area contributed by atoms with Crippen LogP contribution in [0, 0.1) is 17.0 Å². The van der Waals surface area contributed by atoms with Gasteiger partial charge in [0.15, 0.2) is 6.61 Å². The predicted molar refractivity (Wildman–Crippen MR) is 101 cm³/mol. The Morgan fingerprint density at radius 3 is 2.61 bits per heavy atom. The molecule has 0 fully saturated rings. The van der Waals surface area contributed by atoms with Gasteiger partial charge in [-0.05, 0) is 31.2 Å². The van der Waals surface area contributed by atoms with Crippen LogP contribution in [0.15, 0.2) is 42.5 Å². The van der Waals surface area contributed by atoms with Crippen LogP contribution in [0.5, 0.6) is 0 Å². The Bertz CT molecular complexity index is 931. The summed E-state index contributed by atoms with van der Waals surface area (Å²) in [6, 6.07) is 10.5. The van der Waals surface area contributed by atoms with Crippen LogP contribution in [0.25, 0.3) is 0 Å². The van der Waals surface area contributed by atoms with E-state index < -0.39 is 35.9 Å². The fourth-order valence-electron chi connectivity index (χ4n) is 2.19. The Morgan fingerprint density at radius 2 is 1.93 bits per heavy atom. The lowest BCUT2D eigenvalue weighted by Gasteiger charge is -2.08. The van der Waals surface area contributed by atoms with Crippen LogP contribution in [-0.2, 0) is 14.3 Å². The summed E-state index contributed by atoms with van der Waals surface area (Å²) in [5, 5.41) is 15.8. The molecule has 2 aromatic rings. The highest BCUT2D eigenvalue weighted by Crippen LogP contribution is 2.27. The van der Waals surface area contributed by atoms with Crippen molar-refractivity contribution in [1.29, 1.82) is 0 Å². The number of hydrogen-bond donors (Lipinski definition) is 2. The maximum atomic E-state index is 11.9. The molecule has 0 aromatic heterocycles. The minimum absolute atomic E-state index is 0.119. The van der Waals surface area contributed by atoms with E-state index in [9.17, 15) is 24.5 Å². The number of esters is 1. The van der Waals surface area contributed by atoms with Gasteiger partial charge < -0.3 is 15.4 Å². The number of carbonyl (C=O) groups is 3. The molecule has 10 heteroatoms. The Kier molecular flexibility index (Phi) is 7.05. The zero-order valence-electron chi connectivity index (χ0n) is 14.7. The number of rotatable bonds is 7. The molecule has 0 spiro atoms. The van der Waals surface area contributed by atoms with Gasteiger partial charge >= 0.3 is 5.97 Å². The third-order valence-electron chi connectivity index (χ3n) is 3.47. The number of nitro groups is 1. The second-order valence-corrected chi connectivity index (χ2v) is 6.12. The molecule has 9 nitrogen and oxygen atoms in total. The van der Waals surface area contributed by atoms with Crippen molar-refractivity contribution in [2.24, 2.45) is 0 Å². The summed E-state index contributed by atoms with van der Waals surface area (Å²) in [4.78, 5) is 45.8. The molecular weight excluding hydrogens is 390 g/mol. The van der Waals surface area contributed by atoms with E-state index in [1.54, 1.807) is 18.2 Å². The topological polar surface area (TPSA) is 128 Å². The van der Waals surface area contributed by atoms with Gasteiger partial charge in [0.1, 0.15) is 12.2 Å². The number of aryl methyl sites for hydroxylation is 1. The summed E-state index contributed by atoms with van der Waals surface area (Å²) in [6.07, 6.45) is 0. The van der Waals surface area contributed by atoms with Crippen molar-refractivity contribution in [2.75, 3.05) is 18.5 Å². The lowest BCUT2D eigenvalue weighted by atomic mass is 10.1. The fraction of sp³-hybridized carbons (Fsp3) is 0.167. The van der Waals surface area contributed by atoms with E-state index in [4.69, 9.17) is 16.3 Å². The highest BCUT2D eigenvalue weighted by atomic mass is 35.5. The Balaban J connectivity index is 1.83. The summed E-state index contributed by atoms with van der Waals surface area (Å²) < 4.78 is 4.75. The smallest absolute Gasteiger partial charge is 0.325 e. The van der Waals surface area contributed by atoms with Gasteiger partial charge in [0, 0.05) is 16.7 Å². The van der Waals surface area contributed by atoms with Gasteiger partial charge in [0.2, 0.25) is 0 Å². The van der Waals surface area contributed by atoms with E-state index >= 15 is 0 Å². The summed E-state index contributed by atoms with van der Waals surface area (Å²) in [6.45, 7) is 0.716. The SMILES string of the molecule is Cc1cccc(C(=O)NCC(=O)OCC(=O)Nc2cc(Cl)ccc2[N+](=O)[O-])c1. The van der Waals surface area contributed by atoms with Crippen molar-refractivity contribution in [3.8, 4) is 0 Å². The molecule has 0 aliphatic heterocycles. The maximum absolute atomic E-state index is 11.9. The van der Waals surface area contributed by atoms with Crippen LogP contribution in [-0.4, -0.2) is 35.9 Å². The van der Waals surface area contributed by atoms with Gasteiger partial charge in [-0.3, -0.25) is 24.5 Å². The third kappa shape index (κ3) is 6.06. The highest BCUT2D eigenvalue weighted by molar-refractivity contribution is 6.31. The number of nitrogens with zero attached hydrogens (tertiary/aromatic N) is 1. The summed E-state index contributed by atoms with van der Waals surface area (Å²) >= 11 is 5.76. The van der Waals surface area contributed by atoms with Crippen molar-refractivity contribution in [1.82, 2.24) is 5.32 Å². The molecule has 2 aromatic carbocycles. The minimum atomic E-state index is -0.836. The number of ether oxygens (including phenoxy) is 1. The fourth-order valence-corrected chi connectivity index (χ4v) is 2.36. The zero-order valence-corrected chi connectivity index (χ0v) is 15.5. The van der Waals surface area contributed by atoms with Crippen molar-refractivity contribution in [3.05, 3.63) is 68.7 Å². The Labute approximate surface area is 164 Å². The van der Waals surface area contributed by atoms with Gasteiger partial charge in [-0.25, -0.2) is 0 Å². The molecule has 0 bridgehead atoms. The van der Waals surface area contributed by atoms with Gasteiger partial charge in [-0.1, -0.05) is 29.3 Å². The average Bonchev–Trinajstić information content (AvgIpc) is 2.64. The van der Waals surface area contributed by atoms with E-state index in [0.717, 1.165) is 11.6 Å². The molecule has 0 saturated heterocycles. The van der Waals surface area contributed by atoms with E-state index in [1.807, 2.05) is 13.0 Å². The van der Waals surface area contributed by atoms with Crippen LogP contribution in [0.4, 0.5) is 11.4 Å². The van der Waals surface area contributed by atoms with Crippen LogP contribution in [0.3, 0.4) is 0 Å². The number of anilines is 1. The molecular formula is C18H16ClN3O6. The molecule has 2 rings (SSSR count). The lowest BCUT2D eigenvalue weighted by Crippen LogP contribution is -2.32. The number of nitrogens with one attached hydrogen (secondary N) is 2. The van der Waals surface area contributed by atoms with Crippen LogP contribution >= 0.6 is 11.6 Å².